The van der Waals surface area contributed by atoms with E-state index < -0.39 is 23.2 Å². The van der Waals surface area contributed by atoms with Crippen LogP contribution in [0.1, 0.15) is 17.5 Å². The fourth-order valence-electron chi connectivity index (χ4n) is 2.92. The molecule has 0 spiro atoms. The van der Waals surface area contributed by atoms with Crippen molar-refractivity contribution in [3.63, 3.8) is 0 Å². The zero-order chi connectivity index (χ0) is 19.6. The number of nitriles is 1. The molecule has 1 fully saturated rings. The molecule has 0 aromatic heterocycles. The van der Waals surface area contributed by atoms with E-state index in [1.165, 1.54) is 17.0 Å². The smallest absolute Gasteiger partial charge is 0.268 e. The van der Waals surface area contributed by atoms with Crippen LogP contribution in [0.2, 0.25) is 5.02 Å². The second-order valence-corrected chi connectivity index (χ2v) is 6.62. The van der Waals surface area contributed by atoms with E-state index in [4.69, 9.17) is 16.9 Å². The van der Waals surface area contributed by atoms with Crippen molar-refractivity contribution >= 4 is 29.1 Å². The maximum atomic E-state index is 13.4. The Morgan fingerprint density at radius 3 is 2.67 bits per heavy atom. The van der Waals surface area contributed by atoms with Gasteiger partial charge in [0.15, 0.2) is 0 Å². The fraction of sp³-hybridized carbons (Fsp3) is 0.211. The van der Waals surface area contributed by atoms with Gasteiger partial charge in [0, 0.05) is 30.2 Å². The number of hydrogen-bond acceptors (Lipinski definition) is 4. The average Bonchev–Trinajstić information content (AvgIpc) is 2.95. The summed E-state index contributed by atoms with van der Waals surface area (Å²) < 4.78 is 13.4. The van der Waals surface area contributed by atoms with Gasteiger partial charge in [0.2, 0.25) is 5.60 Å². The number of carbonyl (C=O) groups excluding carboxylic acids is 2. The van der Waals surface area contributed by atoms with Crippen LogP contribution in [-0.4, -0.2) is 29.1 Å². The van der Waals surface area contributed by atoms with Gasteiger partial charge in [-0.25, -0.2) is 4.39 Å². The summed E-state index contributed by atoms with van der Waals surface area (Å²) in [7, 11) is 0. The van der Waals surface area contributed by atoms with Gasteiger partial charge in [0.1, 0.15) is 5.82 Å². The topological polar surface area (TPSA) is 93.4 Å². The Labute approximate surface area is 159 Å². The number of carbonyl (C=O) groups is 2. The van der Waals surface area contributed by atoms with Crippen molar-refractivity contribution in [3.8, 4) is 6.07 Å². The molecule has 0 aliphatic carbocycles. The lowest BCUT2D eigenvalue weighted by Gasteiger charge is -2.22. The molecule has 2 aromatic rings. The Balaban J connectivity index is 1.70. The Kier molecular flexibility index (Phi) is 5.13. The molecule has 1 atom stereocenters. The number of hydrogen-bond donors (Lipinski definition) is 2. The molecule has 1 saturated heterocycles. The van der Waals surface area contributed by atoms with E-state index in [1.54, 1.807) is 24.3 Å². The quantitative estimate of drug-likeness (QED) is 0.786. The zero-order valence-electron chi connectivity index (χ0n) is 14.1. The third-order valence-electron chi connectivity index (χ3n) is 4.36. The first-order valence-electron chi connectivity index (χ1n) is 8.11. The number of anilines is 1. The van der Waals surface area contributed by atoms with Crippen LogP contribution >= 0.6 is 11.6 Å². The summed E-state index contributed by atoms with van der Waals surface area (Å²) in [6, 6.07) is 12.1. The third kappa shape index (κ3) is 3.77. The highest BCUT2D eigenvalue weighted by molar-refractivity contribution is 6.30. The molecule has 2 aromatic carbocycles. The summed E-state index contributed by atoms with van der Waals surface area (Å²) in [5.74, 6) is -2.15. The van der Waals surface area contributed by atoms with Gasteiger partial charge in [0.05, 0.1) is 11.6 Å². The summed E-state index contributed by atoms with van der Waals surface area (Å²) in [6.45, 7) is 0.0726. The van der Waals surface area contributed by atoms with Gasteiger partial charge in [-0.15, -0.1) is 0 Å². The first-order valence-corrected chi connectivity index (χ1v) is 8.49. The highest BCUT2D eigenvalue weighted by atomic mass is 35.5. The number of nitrogens with one attached hydrogen (secondary N) is 1. The lowest BCUT2D eigenvalue weighted by Crippen LogP contribution is -2.52. The van der Waals surface area contributed by atoms with Crippen LogP contribution in [-0.2, 0) is 16.1 Å². The van der Waals surface area contributed by atoms with E-state index in [1.807, 2.05) is 6.07 Å². The summed E-state index contributed by atoms with van der Waals surface area (Å²) in [4.78, 5) is 26.3. The number of benzene rings is 2. The minimum atomic E-state index is -2.20. The molecule has 1 aliphatic rings. The number of amides is 2. The van der Waals surface area contributed by atoms with Crippen molar-refractivity contribution < 1.29 is 19.1 Å². The van der Waals surface area contributed by atoms with Crippen LogP contribution in [0, 0.1) is 17.1 Å². The zero-order valence-corrected chi connectivity index (χ0v) is 14.8. The molecule has 6 nitrogen and oxygen atoms in total. The summed E-state index contributed by atoms with van der Waals surface area (Å²) in [6.07, 6.45) is -0.0818. The van der Waals surface area contributed by atoms with Crippen molar-refractivity contribution in [2.75, 3.05) is 11.4 Å². The van der Waals surface area contributed by atoms with E-state index in [-0.39, 0.29) is 24.5 Å². The molecule has 0 radical (unpaired) electrons. The van der Waals surface area contributed by atoms with Crippen molar-refractivity contribution in [3.05, 3.63) is 64.4 Å². The van der Waals surface area contributed by atoms with E-state index in [2.05, 4.69) is 5.32 Å². The normalized spacial score (nSPS) is 19.0. The Morgan fingerprint density at radius 2 is 2.04 bits per heavy atom. The van der Waals surface area contributed by atoms with Crippen LogP contribution < -0.4 is 10.2 Å². The minimum absolute atomic E-state index is 0.0806. The van der Waals surface area contributed by atoms with Gasteiger partial charge in [-0.05, 0) is 48.0 Å². The minimum Gasteiger partial charge on any atom is -0.372 e. The molecular weight excluding hydrogens is 373 g/mol. The Morgan fingerprint density at radius 1 is 1.33 bits per heavy atom. The van der Waals surface area contributed by atoms with Gasteiger partial charge >= 0.3 is 0 Å². The lowest BCUT2D eigenvalue weighted by molar-refractivity contribution is -0.149. The molecule has 0 saturated carbocycles. The maximum Gasteiger partial charge on any atom is 0.268 e. The van der Waals surface area contributed by atoms with Gasteiger partial charge < -0.3 is 15.3 Å². The molecule has 2 N–H and O–H groups in total. The van der Waals surface area contributed by atoms with Crippen molar-refractivity contribution in [2.45, 2.75) is 18.6 Å². The molecule has 3 rings (SSSR count). The van der Waals surface area contributed by atoms with Crippen molar-refractivity contribution in [1.82, 2.24) is 5.32 Å². The number of nitrogens with zero attached hydrogens (tertiary/aromatic N) is 2. The van der Waals surface area contributed by atoms with Crippen LogP contribution in [0.5, 0.6) is 0 Å². The molecule has 1 aliphatic heterocycles. The molecular formula is C19H15ClFN3O3. The second-order valence-electron chi connectivity index (χ2n) is 6.19. The molecule has 2 amide bonds. The highest BCUT2D eigenvalue weighted by Gasteiger charge is 2.51. The standard InChI is InChI=1S/C19H15ClFN3O3/c20-14-7-13(8-15(21)9-14)11-23-17(25)19(27)5-6-24(18(19)26)16-3-1-12(10-22)2-4-16/h1-4,7-9,27H,5-6,11H2,(H,23,25)/t19-/m1/s1. The maximum absolute atomic E-state index is 13.4. The summed E-state index contributed by atoms with van der Waals surface area (Å²) in [5, 5.41) is 22.1. The van der Waals surface area contributed by atoms with Crippen molar-refractivity contribution in [2.24, 2.45) is 0 Å². The number of halogens is 2. The van der Waals surface area contributed by atoms with Crippen LogP contribution in [0.4, 0.5) is 10.1 Å². The van der Waals surface area contributed by atoms with Gasteiger partial charge in [-0.2, -0.15) is 5.26 Å². The van der Waals surface area contributed by atoms with Crippen LogP contribution in [0.25, 0.3) is 0 Å². The number of aliphatic hydroxyl groups is 1. The van der Waals surface area contributed by atoms with Gasteiger partial charge in [-0.3, -0.25) is 9.59 Å². The monoisotopic (exact) mass is 387 g/mol. The van der Waals surface area contributed by atoms with Gasteiger partial charge in [0.25, 0.3) is 11.8 Å². The fourth-order valence-corrected chi connectivity index (χ4v) is 3.16. The van der Waals surface area contributed by atoms with E-state index in [9.17, 15) is 19.1 Å². The average molecular weight is 388 g/mol. The largest absolute Gasteiger partial charge is 0.372 e. The van der Waals surface area contributed by atoms with Crippen LogP contribution in [0.15, 0.2) is 42.5 Å². The number of rotatable bonds is 4. The second kappa shape index (κ2) is 7.35. The third-order valence-corrected chi connectivity index (χ3v) is 4.57. The summed E-state index contributed by atoms with van der Waals surface area (Å²) >= 11 is 5.77. The predicted molar refractivity (Wildman–Crippen MR) is 96.3 cm³/mol. The first-order chi connectivity index (χ1) is 12.8. The molecule has 8 heteroatoms. The molecule has 0 unspecified atom stereocenters. The van der Waals surface area contributed by atoms with Gasteiger partial charge in [-0.1, -0.05) is 11.6 Å². The Hall–Kier alpha value is -2.95. The Bertz CT molecular complexity index is 922. The lowest BCUT2D eigenvalue weighted by atomic mass is 10.0. The summed E-state index contributed by atoms with van der Waals surface area (Å²) in [5.41, 5.74) is -0.872. The van der Waals surface area contributed by atoms with E-state index in [0.29, 0.717) is 16.8 Å². The first kappa shape index (κ1) is 18.8. The van der Waals surface area contributed by atoms with E-state index in [0.717, 1.165) is 6.07 Å². The molecule has 138 valence electrons. The SMILES string of the molecule is N#Cc1ccc(N2CC[C@@](O)(C(=O)NCc3cc(F)cc(Cl)c3)C2=O)cc1. The highest BCUT2D eigenvalue weighted by Crippen LogP contribution is 2.29. The molecule has 27 heavy (non-hydrogen) atoms. The predicted octanol–water partition coefficient (Wildman–Crippen LogP) is 2.13. The molecule has 1 heterocycles. The molecule has 0 bridgehead atoms. The van der Waals surface area contributed by atoms with Crippen LogP contribution in [0.3, 0.4) is 0 Å². The van der Waals surface area contributed by atoms with E-state index >= 15 is 0 Å². The van der Waals surface area contributed by atoms with Crippen molar-refractivity contribution in [1.29, 1.82) is 5.26 Å².